The van der Waals surface area contributed by atoms with Crippen molar-refractivity contribution in [3.63, 3.8) is 0 Å². The molecule has 0 saturated carbocycles. The number of hydrogen-bond donors (Lipinski definition) is 1. The molecule has 1 atom stereocenters. The van der Waals surface area contributed by atoms with Crippen molar-refractivity contribution in [2.24, 2.45) is 0 Å². The Labute approximate surface area is 138 Å². The highest BCUT2D eigenvalue weighted by molar-refractivity contribution is 5.33. The molecule has 2 rings (SSSR count). The van der Waals surface area contributed by atoms with Gasteiger partial charge in [-0.15, -0.1) is 0 Å². The van der Waals surface area contributed by atoms with Gasteiger partial charge in [0.05, 0.1) is 13.2 Å². The molecule has 1 N–H and O–H groups in total. The van der Waals surface area contributed by atoms with E-state index in [1.807, 2.05) is 30.3 Å². The Balaban J connectivity index is 1.81. The number of aliphatic hydroxyl groups is 1. The molecule has 2 aromatic carbocycles. The van der Waals surface area contributed by atoms with Crippen LogP contribution in [0.15, 0.2) is 48.5 Å². The second-order valence-electron chi connectivity index (χ2n) is 5.83. The van der Waals surface area contributed by atoms with Crippen molar-refractivity contribution in [2.75, 3.05) is 13.7 Å². The molecule has 0 spiro atoms. The number of para-hydroxylation sites is 1. The van der Waals surface area contributed by atoms with Gasteiger partial charge in [-0.1, -0.05) is 30.3 Å². The molecule has 0 fully saturated rings. The molecule has 2 aromatic rings. The van der Waals surface area contributed by atoms with E-state index in [9.17, 15) is 5.11 Å². The largest absolute Gasteiger partial charge is 0.497 e. The first-order valence-corrected chi connectivity index (χ1v) is 8.20. The summed E-state index contributed by atoms with van der Waals surface area (Å²) >= 11 is 0. The number of hydrogen-bond acceptors (Lipinski definition) is 3. The van der Waals surface area contributed by atoms with E-state index in [2.05, 4.69) is 18.2 Å². The van der Waals surface area contributed by atoms with Crippen molar-refractivity contribution in [1.82, 2.24) is 0 Å². The molecule has 0 aliphatic carbocycles. The Morgan fingerprint density at radius 3 is 2.57 bits per heavy atom. The Hall–Kier alpha value is -2.00. The van der Waals surface area contributed by atoms with Crippen LogP contribution in [-0.4, -0.2) is 24.9 Å². The van der Waals surface area contributed by atoms with Gasteiger partial charge < -0.3 is 14.6 Å². The number of benzene rings is 2. The maximum atomic E-state index is 9.35. The molecular formula is C20H26O3. The topological polar surface area (TPSA) is 38.7 Å². The van der Waals surface area contributed by atoms with Crippen LogP contribution in [0.4, 0.5) is 0 Å². The van der Waals surface area contributed by atoms with Crippen LogP contribution in [0, 0.1) is 0 Å². The van der Waals surface area contributed by atoms with Crippen molar-refractivity contribution in [3.8, 4) is 11.5 Å². The fourth-order valence-corrected chi connectivity index (χ4v) is 2.53. The Morgan fingerprint density at radius 1 is 1.00 bits per heavy atom. The van der Waals surface area contributed by atoms with Crippen molar-refractivity contribution in [3.05, 3.63) is 59.7 Å². The molecule has 0 heterocycles. The number of ether oxygens (including phenoxy) is 2. The zero-order valence-corrected chi connectivity index (χ0v) is 14.0. The number of unbranched alkanes of at least 4 members (excludes halogenated alkanes) is 1. The molecule has 3 heteroatoms. The first-order valence-electron chi connectivity index (χ1n) is 8.20. The molecule has 1 unspecified atom stereocenters. The van der Waals surface area contributed by atoms with Crippen LogP contribution in [0.5, 0.6) is 11.5 Å². The lowest BCUT2D eigenvalue weighted by Crippen LogP contribution is -2.13. The quantitative estimate of drug-likeness (QED) is 0.711. The number of aryl methyl sites for hydroxylation is 2. The molecule has 0 aliphatic rings. The molecule has 23 heavy (non-hydrogen) atoms. The molecule has 0 aliphatic heterocycles. The van der Waals surface area contributed by atoms with Gasteiger partial charge in [0.15, 0.2) is 0 Å². The van der Waals surface area contributed by atoms with Gasteiger partial charge >= 0.3 is 0 Å². The molecular weight excluding hydrogens is 288 g/mol. The van der Waals surface area contributed by atoms with Crippen molar-refractivity contribution >= 4 is 0 Å². The van der Waals surface area contributed by atoms with Gasteiger partial charge in [0, 0.05) is 0 Å². The zero-order chi connectivity index (χ0) is 16.5. The summed E-state index contributed by atoms with van der Waals surface area (Å²) in [6.45, 7) is 2.07. The second kappa shape index (κ2) is 9.21. The smallest absolute Gasteiger partial charge is 0.122 e. The van der Waals surface area contributed by atoms with Gasteiger partial charge in [-0.2, -0.15) is 0 Å². The molecule has 0 bridgehead atoms. The molecule has 3 nitrogen and oxygen atoms in total. The van der Waals surface area contributed by atoms with E-state index >= 15 is 0 Å². The number of rotatable bonds is 9. The zero-order valence-electron chi connectivity index (χ0n) is 14.0. The summed E-state index contributed by atoms with van der Waals surface area (Å²) in [5.74, 6) is 1.80. The van der Waals surface area contributed by atoms with Gasteiger partial charge in [-0.3, -0.25) is 0 Å². The van der Waals surface area contributed by atoms with Gasteiger partial charge in [-0.05, 0) is 61.9 Å². The van der Waals surface area contributed by atoms with Crippen LogP contribution >= 0.6 is 0 Å². The van der Waals surface area contributed by atoms with Gasteiger partial charge in [-0.25, -0.2) is 0 Å². The average molecular weight is 314 g/mol. The molecule has 0 saturated heterocycles. The third kappa shape index (κ3) is 5.95. The van der Waals surface area contributed by atoms with Crippen LogP contribution in [0.25, 0.3) is 0 Å². The van der Waals surface area contributed by atoms with E-state index in [1.165, 1.54) is 11.1 Å². The fraction of sp³-hybridized carbons (Fsp3) is 0.400. The monoisotopic (exact) mass is 314 g/mol. The fourth-order valence-electron chi connectivity index (χ4n) is 2.53. The van der Waals surface area contributed by atoms with E-state index in [1.54, 1.807) is 14.0 Å². The van der Waals surface area contributed by atoms with Crippen molar-refractivity contribution in [1.29, 1.82) is 0 Å². The predicted octanol–water partition coefficient (Wildman–Crippen LogP) is 4.02. The lowest BCUT2D eigenvalue weighted by molar-refractivity contribution is 0.122. The minimum Gasteiger partial charge on any atom is -0.497 e. The Kier molecular flexibility index (Phi) is 6.95. The predicted molar refractivity (Wildman–Crippen MR) is 93.3 cm³/mol. The Bertz CT molecular complexity index is 593. The van der Waals surface area contributed by atoms with Crippen LogP contribution in [0.3, 0.4) is 0 Å². The first-order chi connectivity index (χ1) is 11.2. The summed E-state index contributed by atoms with van der Waals surface area (Å²) < 4.78 is 10.9. The van der Waals surface area contributed by atoms with Gasteiger partial charge in [0.2, 0.25) is 0 Å². The first kappa shape index (κ1) is 17.4. The van der Waals surface area contributed by atoms with Gasteiger partial charge in [0.1, 0.15) is 18.1 Å². The summed E-state index contributed by atoms with van der Waals surface area (Å²) in [5, 5.41) is 9.35. The van der Waals surface area contributed by atoms with E-state index in [-0.39, 0.29) is 0 Å². The second-order valence-corrected chi connectivity index (χ2v) is 5.83. The molecule has 0 radical (unpaired) electrons. The summed E-state index contributed by atoms with van der Waals surface area (Å²) in [4.78, 5) is 0. The van der Waals surface area contributed by atoms with Crippen molar-refractivity contribution < 1.29 is 14.6 Å². The highest BCUT2D eigenvalue weighted by atomic mass is 16.5. The summed E-state index contributed by atoms with van der Waals surface area (Å²) in [7, 11) is 1.70. The minimum absolute atomic E-state index is 0.334. The normalized spacial score (nSPS) is 12.0. The summed E-state index contributed by atoms with van der Waals surface area (Å²) in [6, 6.07) is 16.3. The van der Waals surface area contributed by atoms with Crippen LogP contribution in [0.1, 0.15) is 30.9 Å². The van der Waals surface area contributed by atoms with E-state index in [4.69, 9.17) is 9.47 Å². The highest BCUT2D eigenvalue weighted by Crippen LogP contribution is 2.21. The maximum Gasteiger partial charge on any atom is 0.122 e. The minimum atomic E-state index is -0.448. The van der Waals surface area contributed by atoms with Crippen LogP contribution in [-0.2, 0) is 12.8 Å². The summed E-state index contributed by atoms with van der Waals surface area (Å²) in [6.07, 6.45) is 3.81. The number of methoxy groups -OCH3 is 1. The SMILES string of the molecule is COc1cccc(CCCCc2ccccc2OCC(C)O)c1. The lowest BCUT2D eigenvalue weighted by Gasteiger charge is -2.12. The van der Waals surface area contributed by atoms with Crippen LogP contribution < -0.4 is 9.47 Å². The van der Waals surface area contributed by atoms with Gasteiger partial charge in [0.25, 0.3) is 0 Å². The lowest BCUT2D eigenvalue weighted by atomic mass is 10.0. The van der Waals surface area contributed by atoms with E-state index in [0.717, 1.165) is 37.2 Å². The van der Waals surface area contributed by atoms with Crippen LogP contribution in [0.2, 0.25) is 0 Å². The third-order valence-corrected chi connectivity index (χ3v) is 3.75. The highest BCUT2D eigenvalue weighted by Gasteiger charge is 2.05. The standard InChI is InChI=1S/C20H26O3/c1-16(21)15-23-20-13-6-5-11-18(20)10-4-3-8-17-9-7-12-19(14-17)22-2/h5-7,9,11-14,16,21H,3-4,8,10,15H2,1-2H3. The molecule has 124 valence electrons. The van der Waals surface area contributed by atoms with Crippen molar-refractivity contribution in [2.45, 2.75) is 38.7 Å². The number of aliphatic hydroxyl groups excluding tert-OH is 1. The maximum absolute atomic E-state index is 9.35. The average Bonchev–Trinajstić information content (AvgIpc) is 2.58. The Morgan fingerprint density at radius 2 is 1.78 bits per heavy atom. The van der Waals surface area contributed by atoms with E-state index in [0.29, 0.717) is 6.61 Å². The molecule has 0 amide bonds. The summed E-state index contributed by atoms with van der Waals surface area (Å²) in [5.41, 5.74) is 2.52. The molecule has 0 aromatic heterocycles. The van der Waals surface area contributed by atoms with E-state index < -0.39 is 6.10 Å². The third-order valence-electron chi connectivity index (χ3n) is 3.75.